The fourth-order valence-electron chi connectivity index (χ4n) is 2.83. The maximum absolute atomic E-state index is 12.6. The Kier molecular flexibility index (Phi) is 3.74. The molecular weight excluding hydrogens is 276 g/mol. The number of nitrogens with one attached hydrogen (secondary N) is 1. The van der Waals surface area contributed by atoms with Gasteiger partial charge in [0.25, 0.3) is 5.91 Å². The molecule has 22 heavy (non-hydrogen) atoms. The summed E-state index contributed by atoms with van der Waals surface area (Å²) in [5.41, 5.74) is 7.93. The van der Waals surface area contributed by atoms with E-state index < -0.39 is 0 Å². The van der Waals surface area contributed by atoms with Crippen molar-refractivity contribution in [1.29, 1.82) is 0 Å². The van der Waals surface area contributed by atoms with E-state index in [1.54, 1.807) is 10.9 Å². The van der Waals surface area contributed by atoms with Crippen molar-refractivity contribution in [1.82, 2.24) is 15.1 Å². The zero-order valence-corrected chi connectivity index (χ0v) is 13.0. The number of aromatic nitrogens is 2. The van der Waals surface area contributed by atoms with E-state index in [1.807, 2.05) is 44.2 Å². The van der Waals surface area contributed by atoms with Crippen LogP contribution in [0, 0.1) is 12.8 Å². The van der Waals surface area contributed by atoms with Crippen LogP contribution in [0.2, 0.25) is 0 Å². The number of para-hydroxylation sites is 1. The van der Waals surface area contributed by atoms with Crippen LogP contribution in [0.15, 0.2) is 36.5 Å². The second kappa shape index (κ2) is 5.57. The SMILES string of the molecule is Cc1c(C(=O)NC(C)(CN)C2CC2)cnn1-c1ccccc1. The molecule has 1 unspecified atom stereocenters. The fourth-order valence-corrected chi connectivity index (χ4v) is 2.83. The summed E-state index contributed by atoms with van der Waals surface area (Å²) in [5, 5.41) is 7.46. The van der Waals surface area contributed by atoms with Crippen molar-refractivity contribution < 1.29 is 4.79 Å². The molecule has 1 aliphatic carbocycles. The third-order valence-corrected chi connectivity index (χ3v) is 4.56. The Morgan fingerprint density at radius 2 is 2.09 bits per heavy atom. The Morgan fingerprint density at radius 3 is 2.68 bits per heavy atom. The number of hydrogen-bond acceptors (Lipinski definition) is 3. The molecule has 5 nitrogen and oxygen atoms in total. The Hall–Kier alpha value is -2.14. The molecular formula is C17H22N4O. The molecule has 116 valence electrons. The first-order valence-corrected chi connectivity index (χ1v) is 7.68. The maximum Gasteiger partial charge on any atom is 0.255 e. The van der Waals surface area contributed by atoms with E-state index in [2.05, 4.69) is 10.4 Å². The minimum absolute atomic E-state index is 0.0977. The topological polar surface area (TPSA) is 72.9 Å². The van der Waals surface area contributed by atoms with Crippen LogP contribution >= 0.6 is 0 Å². The zero-order valence-electron chi connectivity index (χ0n) is 13.0. The van der Waals surface area contributed by atoms with Crippen LogP contribution in [0.5, 0.6) is 0 Å². The lowest BCUT2D eigenvalue weighted by molar-refractivity contribution is 0.0897. The highest BCUT2D eigenvalue weighted by Crippen LogP contribution is 2.39. The fraction of sp³-hybridized carbons (Fsp3) is 0.412. The Morgan fingerprint density at radius 1 is 1.41 bits per heavy atom. The summed E-state index contributed by atoms with van der Waals surface area (Å²) in [6, 6.07) is 9.80. The summed E-state index contributed by atoms with van der Waals surface area (Å²) < 4.78 is 1.78. The van der Waals surface area contributed by atoms with Gasteiger partial charge in [-0.15, -0.1) is 0 Å². The van der Waals surface area contributed by atoms with Gasteiger partial charge in [0, 0.05) is 6.54 Å². The van der Waals surface area contributed by atoms with Gasteiger partial charge in [-0.05, 0) is 44.7 Å². The number of nitrogens with two attached hydrogens (primary N) is 1. The van der Waals surface area contributed by atoms with Crippen LogP contribution in [-0.4, -0.2) is 27.8 Å². The second-order valence-electron chi connectivity index (χ2n) is 6.24. The minimum atomic E-state index is -0.321. The van der Waals surface area contributed by atoms with E-state index in [4.69, 9.17) is 5.73 Å². The summed E-state index contributed by atoms with van der Waals surface area (Å²) >= 11 is 0. The van der Waals surface area contributed by atoms with Gasteiger partial charge in [0.1, 0.15) is 0 Å². The molecule has 0 bridgehead atoms. The zero-order chi connectivity index (χ0) is 15.7. The Labute approximate surface area is 130 Å². The van der Waals surface area contributed by atoms with Gasteiger partial charge in [0.2, 0.25) is 0 Å². The Bertz CT molecular complexity index is 675. The van der Waals surface area contributed by atoms with Crippen LogP contribution in [0.4, 0.5) is 0 Å². The average molecular weight is 298 g/mol. The van der Waals surface area contributed by atoms with Crippen LogP contribution in [0.25, 0.3) is 5.69 Å². The quantitative estimate of drug-likeness (QED) is 0.887. The van der Waals surface area contributed by atoms with Crippen molar-refractivity contribution in [3.8, 4) is 5.69 Å². The van der Waals surface area contributed by atoms with Crippen molar-refractivity contribution in [2.24, 2.45) is 11.7 Å². The predicted octanol–water partition coefficient (Wildman–Crippen LogP) is 2.04. The van der Waals surface area contributed by atoms with Crippen molar-refractivity contribution in [2.75, 3.05) is 6.54 Å². The van der Waals surface area contributed by atoms with E-state index >= 15 is 0 Å². The number of benzene rings is 1. The summed E-state index contributed by atoms with van der Waals surface area (Å²) in [5.74, 6) is 0.394. The molecule has 1 aromatic carbocycles. The molecule has 1 saturated carbocycles. The molecule has 0 spiro atoms. The maximum atomic E-state index is 12.6. The Balaban J connectivity index is 1.84. The van der Waals surface area contributed by atoms with Crippen molar-refractivity contribution >= 4 is 5.91 Å². The first-order chi connectivity index (χ1) is 10.5. The molecule has 0 radical (unpaired) electrons. The molecule has 5 heteroatoms. The van der Waals surface area contributed by atoms with E-state index in [9.17, 15) is 4.79 Å². The third-order valence-electron chi connectivity index (χ3n) is 4.56. The van der Waals surface area contributed by atoms with E-state index in [-0.39, 0.29) is 11.4 Å². The molecule has 1 heterocycles. The molecule has 0 aliphatic heterocycles. The van der Waals surface area contributed by atoms with Crippen molar-refractivity contribution in [2.45, 2.75) is 32.2 Å². The lowest BCUT2D eigenvalue weighted by atomic mass is 9.95. The first kappa shape index (κ1) is 14.8. The van der Waals surface area contributed by atoms with Gasteiger partial charge in [0.15, 0.2) is 0 Å². The predicted molar refractivity (Wildman–Crippen MR) is 86.0 cm³/mol. The molecule has 1 amide bonds. The van der Waals surface area contributed by atoms with Gasteiger partial charge in [0.05, 0.1) is 28.7 Å². The van der Waals surface area contributed by atoms with Crippen LogP contribution in [-0.2, 0) is 0 Å². The van der Waals surface area contributed by atoms with Crippen LogP contribution < -0.4 is 11.1 Å². The van der Waals surface area contributed by atoms with Crippen LogP contribution in [0.3, 0.4) is 0 Å². The van der Waals surface area contributed by atoms with Gasteiger partial charge in [-0.1, -0.05) is 18.2 Å². The summed E-state index contributed by atoms with van der Waals surface area (Å²) in [6.45, 7) is 4.39. The number of hydrogen-bond donors (Lipinski definition) is 2. The number of amides is 1. The lowest BCUT2D eigenvalue weighted by Gasteiger charge is -2.29. The minimum Gasteiger partial charge on any atom is -0.345 e. The highest BCUT2D eigenvalue weighted by Gasteiger charge is 2.41. The van der Waals surface area contributed by atoms with Crippen LogP contribution in [0.1, 0.15) is 35.8 Å². The van der Waals surface area contributed by atoms with E-state index in [0.29, 0.717) is 18.0 Å². The van der Waals surface area contributed by atoms with Gasteiger partial charge in [-0.3, -0.25) is 4.79 Å². The van der Waals surface area contributed by atoms with Gasteiger partial charge in [-0.2, -0.15) is 5.10 Å². The normalized spacial score (nSPS) is 17.0. The number of carbonyl (C=O) groups excluding carboxylic acids is 1. The molecule has 3 N–H and O–H groups in total. The first-order valence-electron chi connectivity index (χ1n) is 7.68. The molecule has 3 rings (SSSR count). The average Bonchev–Trinajstić information content (AvgIpc) is 3.31. The molecule has 1 atom stereocenters. The number of carbonyl (C=O) groups is 1. The largest absolute Gasteiger partial charge is 0.345 e. The van der Waals surface area contributed by atoms with Gasteiger partial charge >= 0.3 is 0 Å². The second-order valence-corrected chi connectivity index (χ2v) is 6.24. The number of nitrogens with zero attached hydrogens (tertiary/aromatic N) is 2. The highest BCUT2D eigenvalue weighted by atomic mass is 16.1. The summed E-state index contributed by atoms with van der Waals surface area (Å²) in [6.07, 6.45) is 3.90. The standard InChI is InChI=1S/C17H22N4O/c1-12-15(10-19-21(12)14-6-4-3-5-7-14)16(22)20-17(2,11-18)13-8-9-13/h3-7,10,13H,8-9,11,18H2,1-2H3,(H,20,22). The van der Waals surface area contributed by atoms with Crippen molar-refractivity contribution in [3.63, 3.8) is 0 Å². The molecule has 1 fully saturated rings. The molecule has 1 aliphatic rings. The van der Waals surface area contributed by atoms with E-state index in [0.717, 1.165) is 24.2 Å². The smallest absolute Gasteiger partial charge is 0.255 e. The lowest BCUT2D eigenvalue weighted by Crippen LogP contribution is -2.53. The third kappa shape index (κ3) is 2.64. The number of rotatable bonds is 5. The highest BCUT2D eigenvalue weighted by molar-refractivity contribution is 5.95. The summed E-state index contributed by atoms with van der Waals surface area (Å²) in [4.78, 5) is 12.6. The monoisotopic (exact) mass is 298 g/mol. The molecule has 1 aromatic heterocycles. The molecule has 0 saturated heterocycles. The molecule has 2 aromatic rings. The van der Waals surface area contributed by atoms with Gasteiger partial charge < -0.3 is 11.1 Å². The summed E-state index contributed by atoms with van der Waals surface area (Å²) in [7, 11) is 0. The van der Waals surface area contributed by atoms with Gasteiger partial charge in [-0.25, -0.2) is 4.68 Å². The van der Waals surface area contributed by atoms with E-state index in [1.165, 1.54) is 0 Å². The van der Waals surface area contributed by atoms with Crippen molar-refractivity contribution in [3.05, 3.63) is 47.8 Å².